The lowest BCUT2D eigenvalue weighted by molar-refractivity contribution is 0.618. The molecule has 6 aromatic rings. The van der Waals surface area contributed by atoms with Crippen LogP contribution in [0.2, 0.25) is 0 Å². The summed E-state index contributed by atoms with van der Waals surface area (Å²) in [5.41, 5.74) is 13.4. The van der Waals surface area contributed by atoms with Gasteiger partial charge in [0, 0.05) is 22.2 Å². The smallest absolute Gasteiger partial charge is 0.0713 e. The van der Waals surface area contributed by atoms with Crippen molar-refractivity contribution in [3.8, 4) is 11.1 Å². The second-order valence-electron chi connectivity index (χ2n) is 13.7. The molecule has 9 rings (SSSR count). The lowest BCUT2D eigenvalue weighted by Crippen LogP contribution is -2.37. The average molecular weight is 566 g/mol. The van der Waals surface area contributed by atoms with E-state index >= 15 is 0 Å². The van der Waals surface area contributed by atoms with Gasteiger partial charge >= 0.3 is 0 Å². The number of benzene rings is 6. The third-order valence-corrected chi connectivity index (χ3v) is 10.7. The summed E-state index contributed by atoms with van der Waals surface area (Å²) in [7, 11) is 0. The summed E-state index contributed by atoms with van der Waals surface area (Å²) in [6.45, 7) is 9.56. The quantitative estimate of drug-likeness (QED) is 0.179. The highest BCUT2D eigenvalue weighted by atomic mass is 15.2. The van der Waals surface area contributed by atoms with Gasteiger partial charge in [-0.05, 0) is 84.3 Å². The van der Waals surface area contributed by atoms with Gasteiger partial charge in [-0.25, -0.2) is 0 Å². The van der Waals surface area contributed by atoms with Crippen LogP contribution in [0.3, 0.4) is 0 Å². The van der Waals surface area contributed by atoms with E-state index in [2.05, 4.69) is 166 Å². The van der Waals surface area contributed by atoms with Crippen LogP contribution in [0.4, 0.5) is 11.4 Å². The van der Waals surface area contributed by atoms with Crippen LogP contribution in [-0.4, -0.2) is 6.04 Å². The van der Waals surface area contributed by atoms with E-state index in [4.69, 9.17) is 0 Å². The fourth-order valence-corrected chi connectivity index (χ4v) is 8.43. The number of fused-ring (bicyclic) bond motifs is 11. The normalized spacial score (nSPS) is 17.1. The van der Waals surface area contributed by atoms with Crippen LogP contribution in [0.25, 0.3) is 44.8 Å². The Morgan fingerprint density at radius 1 is 0.455 bits per heavy atom. The molecule has 3 aliphatic rings. The molecule has 0 N–H and O–H groups in total. The molecule has 0 fully saturated rings. The largest absolute Gasteiger partial charge is 0.330 e. The number of nitrogens with zero attached hydrogens (tertiary/aromatic N) is 1. The molecular formula is C43H35N. The van der Waals surface area contributed by atoms with E-state index in [1.165, 1.54) is 77.4 Å². The van der Waals surface area contributed by atoms with Crippen LogP contribution in [0.5, 0.6) is 0 Å². The van der Waals surface area contributed by atoms with Crippen LogP contribution >= 0.6 is 0 Å². The van der Waals surface area contributed by atoms with Gasteiger partial charge in [-0.2, -0.15) is 0 Å². The van der Waals surface area contributed by atoms with Crippen molar-refractivity contribution in [2.24, 2.45) is 0 Å². The van der Waals surface area contributed by atoms with Crippen LogP contribution in [-0.2, 0) is 10.8 Å². The van der Waals surface area contributed by atoms with Gasteiger partial charge in [0.2, 0.25) is 0 Å². The highest BCUT2D eigenvalue weighted by Gasteiger charge is 2.42. The highest BCUT2D eigenvalue weighted by Crippen LogP contribution is 2.56. The Morgan fingerprint density at radius 3 is 1.64 bits per heavy atom. The van der Waals surface area contributed by atoms with Gasteiger partial charge in [0.15, 0.2) is 0 Å². The third kappa shape index (κ3) is 3.30. The molecule has 0 bridgehead atoms. The maximum atomic E-state index is 2.60. The first-order valence-electron chi connectivity index (χ1n) is 15.8. The number of anilines is 2. The molecule has 0 radical (unpaired) electrons. The molecule has 6 aromatic carbocycles. The Hall–Kier alpha value is -4.88. The molecule has 0 spiro atoms. The molecule has 0 saturated heterocycles. The number of hydrogen-bond donors (Lipinski definition) is 0. The first-order chi connectivity index (χ1) is 21.4. The zero-order chi connectivity index (χ0) is 29.8. The summed E-state index contributed by atoms with van der Waals surface area (Å²) >= 11 is 0. The van der Waals surface area contributed by atoms with Crippen molar-refractivity contribution in [2.45, 2.75) is 44.6 Å². The van der Waals surface area contributed by atoms with E-state index in [1.54, 1.807) is 0 Å². The summed E-state index contributed by atoms with van der Waals surface area (Å²) < 4.78 is 0. The summed E-state index contributed by atoms with van der Waals surface area (Å²) in [6.07, 6.45) is 9.58. The van der Waals surface area contributed by atoms with Crippen molar-refractivity contribution < 1.29 is 0 Å². The van der Waals surface area contributed by atoms with Gasteiger partial charge in [-0.3, -0.25) is 0 Å². The van der Waals surface area contributed by atoms with Crippen LogP contribution in [0.15, 0.2) is 121 Å². The Balaban J connectivity index is 1.29. The van der Waals surface area contributed by atoms with Gasteiger partial charge in [0.05, 0.1) is 6.04 Å². The number of para-hydroxylation sites is 1. The maximum Gasteiger partial charge on any atom is 0.0713 e. The standard InChI is InChI=1S/C43H35N/c1-42(2)36-18-10-9-17-34(36)35-25-39-41(26-38(35)42)44(40-20-12-11-19-37(40)43(39,3)4)27-21-23-32-30-15-7-5-13-28(30)29-14-6-8-16-31(29)33(32)24-22-27/h5-27H,1-4H3. The predicted molar refractivity (Wildman–Crippen MR) is 188 cm³/mol. The SMILES string of the molecule is CC1(C)c2ccccc2-c2cc3c(cc21)N(C1C=Cc2c(c4ccccc4c4ccccc24)C=C1)c1ccccc1C3(C)C. The molecule has 1 nitrogen and oxygen atoms in total. The van der Waals surface area contributed by atoms with Crippen LogP contribution in [0, 0.1) is 0 Å². The third-order valence-electron chi connectivity index (χ3n) is 10.7. The molecule has 0 aromatic heterocycles. The molecular weight excluding hydrogens is 530 g/mol. The molecule has 44 heavy (non-hydrogen) atoms. The molecule has 1 aliphatic heterocycles. The predicted octanol–water partition coefficient (Wildman–Crippen LogP) is 11.2. The summed E-state index contributed by atoms with van der Waals surface area (Å²) in [5, 5.41) is 5.23. The van der Waals surface area contributed by atoms with E-state index in [9.17, 15) is 0 Å². The lowest BCUT2D eigenvalue weighted by Gasteiger charge is -2.44. The zero-order valence-corrected chi connectivity index (χ0v) is 25.7. The van der Waals surface area contributed by atoms with Crippen molar-refractivity contribution in [1.82, 2.24) is 0 Å². The van der Waals surface area contributed by atoms with Gasteiger partial charge in [0.25, 0.3) is 0 Å². The van der Waals surface area contributed by atoms with Crippen molar-refractivity contribution in [1.29, 1.82) is 0 Å². The Labute approximate surface area is 259 Å². The van der Waals surface area contributed by atoms with E-state index in [1.807, 2.05) is 0 Å². The second-order valence-corrected chi connectivity index (χ2v) is 13.7. The minimum absolute atomic E-state index is 0.0564. The minimum Gasteiger partial charge on any atom is -0.330 e. The van der Waals surface area contributed by atoms with Gasteiger partial charge in [0.1, 0.15) is 0 Å². The first kappa shape index (κ1) is 25.6. The lowest BCUT2D eigenvalue weighted by atomic mass is 9.71. The topological polar surface area (TPSA) is 3.24 Å². The first-order valence-corrected chi connectivity index (χ1v) is 15.8. The molecule has 0 unspecified atom stereocenters. The summed E-state index contributed by atoms with van der Waals surface area (Å²) in [5.74, 6) is 0. The molecule has 0 saturated carbocycles. The van der Waals surface area contributed by atoms with Gasteiger partial charge in [-0.1, -0.05) is 143 Å². The number of rotatable bonds is 1. The Bertz CT molecular complexity index is 2170. The second kappa shape index (κ2) is 8.83. The van der Waals surface area contributed by atoms with Gasteiger partial charge < -0.3 is 4.90 Å². The summed E-state index contributed by atoms with van der Waals surface area (Å²) in [4.78, 5) is 2.60. The van der Waals surface area contributed by atoms with Crippen molar-refractivity contribution in [3.63, 3.8) is 0 Å². The van der Waals surface area contributed by atoms with Gasteiger partial charge in [-0.15, -0.1) is 0 Å². The molecule has 212 valence electrons. The molecule has 0 amide bonds. The Kier molecular flexibility index (Phi) is 5.14. The fourth-order valence-electron chi connectivity index (χ4n) is 8.43. The molecule has 0 atom stereocenters. The van der Waals surface area contributed by atoms with E-state index in [0.717, 1.165) is 0 Å². The average Bonchev–Trinajstić information content (AvgIpc) is 3.16. The highest BCUT2D eigenvalue weighted by molar-refractivity contribution is 6.15. The van der Waals surface area contributed by atoms with Crippen molar-refractivity contribution in [2.75, 3.05) is 4.90 Å². The van der Waals surface area contributed by atoms with Crippen molar-refractivity contribution >= 4 is 45.1 Å². The van der Waals surface area contributed by atoms with E-state index in [0.29, 0.717) is 0 Å². The van der Waals surface area contributed by atoms with E-state index in [-0.39, 0.29) is 16.9 Å². The number of hydrogen-bond acceptors (Lipinski definition) is 1. The minimum atomic E-state index is -0.132. The summed E-state index contributed by atoms with van der Waals surface area (Å²) in [6, 6.07) is 40.8. The molecule has 1 heterocycles. The zero-order valence-electron chi connectivity index (χ0n) is 25.7. The van der Waals surface area contributed by atoms with Crippen LogP contribution < -0.4 is 4.90 Å². The van der Waals surface area contributed by atoms with Crippen molar-refractivity contribution in [3.05, 3.63) is 155 Å². The van der Waals surface area contributed by atoms with E-state index < -0.39 is 0 Å². The van der Waals surface area contributed by atoms with Crippen LogP contribution in [0.1, 0.15) is 61.1 Å². The molecule has 1 heteroatoms. The monoisotopic (exact) mass is 565 g/mol. The Morgan fingerprint density at radius 2 is 0.977 bits per heavy atom. The maximum absolute atomic E-state index is 2.60. The molecule has 2 aliphatic carbocycles. The fraction of sp³-hybridized carbons (Fsp3) is 0.163.